The van der Waals surface area contributed by atoms with Crippen molar-refractivity contribution in [3.8, 4) is 11.4 Å². The molecule has 0 saturated heterocycles. The molecule has 0 bridgehead atoms. The summed E-state index contributed by atoms with van der Waals surface area (Å²) in [6.45, 7) is 3.42. The number of hydrogen-bond donors (Lipinski definition) is 0. The molecule has 0 spiro atoms. The van der Waals surface area contributed by atoms with Crippen LogP contribution in [0.5, 0.6) is 5.75 Å². The summed E-state index contributed by atoms with van der Waals surface area (Å²) < 4.78 is 7.97. The number of carbonyl (C=O) groups is 1. The predicted molar refractivity (Wildman–Crippen MR) is 87.4 cm³/mol. The first-order valence-corrected chi connectivity index (χ1v) is 7.23. The zero-order chi connectivity index (χ0) is 16.4. The van der Waals surface area contributed by atoms with Crippen molar-refractivity contribution in [2.24, 2.45) is 0 Å². The number of carbonyl (C=O) groups excluding carboxylic acids is 1. The van der Waals surface area contributed by atoms with Gasteiger partial charge in [-0.3, -0.25) is 4.79 Å². The monoisotopic (exact) mass is 308 g/mol. The average molecular weight is 308 g/mol. The molecular weight excluding hydrogens is 292 g/mol. The van der Waals surface area contributed by atoms with E-state index in [0.717, 1.165) is 0 Å². The fraction of sp³-hybridized carbons (Fsp3) is 0.111. The Kier molecular flexibility index (Phi) is 3.85. The number of hydrogen-bond acceptors (Lipinski definition) is 3. The van der Waals surface area contributed by atoms with E-state index in [-0.39, 0.29) is 5.56 Å². The van der Waals surface area contributed by atoms with Crippen LogP contribution >= 0.6 is 0 Å². The molecule has 0 unspecified atom stereocenters. The molecule has 5 heteroatoms. The summed E-state index contributed by atoms with van der Waals surface area (Å²) in [4.78, 5) is 25.1. The molecule has 2 aromatic carbocycles. The molecule has 0 aliphatic heterocycles. The Balaban J connectivity index is 2.10. The molecule has 1 heterocycles. The topological polar surface area (TPSA) is 53.2 Å². The number of benzene rings is 2. The minimum absolute atomic E-state index is 0.237. The highest BCUT2D eigenvalue weighted by Crippen LogP contribution is 2.14. The van der Waals surface area contributed by atoms with Crippen LogP contribution in [0.15, 0.2) is 65.5 Å². The zero-order valence-corrected chi connectivity index (χ0v) is 12.9. The van der Waals surface area contributed by atoms with Gasteiger partial charge in [0.15, 0.2) is 0 Å². The number of nitrogens with zero attached hydrogens (tertiary/aromatic N) is 2. The molecule has 0 N–H and O–H groups in total. The largest absolute Gasteiger partial charge is 0.439 e. The van der Waals surface area contributed by atoms with Gasteiger partial charge in [0.2, 0.25) is 0 Å². The quantitative estimate of drug-likeness (QED) is 0.730. The molecule has 0 saturated carbocycles. The minimum Gasteiger partial charge on any atom is -0.409 e. The third-order valence-electron chi connectivity index (χ3n) is 3.70. The van der Waals surface area contributed by atoms with Gasteiger partial charge in [0.1, 0.15) is 5.75 Å². The van der Waals surface area contributed by atoms with Crippen molar-refractivity contribution in [3.05, 3.63) is 82.3 Å². The maximum atomic E-state index is 12.6. The van der Waals surface area contributed by atoms with Gasteiger partial charge < -0.3 is 4.74 Å². The van der Waals surface area contributed by atoms with Crippen LogP contribution < -0.4 is 10.3 Å². The van der Waals surface area contributed by atoms with E-state index in [2.05, 4.69) is 0 Å². The molecule has 3 rings (SSSR count). The molecular formula is C18H16N2O3. The Morgan fingerprint density at radius 1 is 0.913 bits per heavy atom. The molecule has 0 radical (unpaired) electrons. The van der Waals surface area contributed by atoms with Gasteiger partial charge in [0, 0.05) is 5.56 Å². The summed E-state index contributed by atoms with van der Waals surface area (Å²) in [5, 5.41) is 0. The lowest BCUT2D eigenvalue weighted by atomic mass is 10.3. The summed E-state index contributed by atoms with van der Waals surface area (Å²) in [5.74, 6) is 0.426. The second kappa shape index (κ2) is 5.96. The molecule has 0 amide bonds. The lowest BCUT2D eigenvalue weighted by Gasteiger charge is -2.12. The van der Waals surface area contributed by atoms with E-state index < -0.39 is 6.09 Å². The summed E-state index contributed by atoms with van der Waals surface area (Å²) in [5.41, 5.74) is 1.44. The van der Waals surface area contributed by atoms with Gasteiger partial charge in [-0.2, -0.15) is 4.68 Å². The van der Waals surface area contributed by atoms with E-state index in [4.69, 9.17) is 4.74 Å². The third kappa shape index (κ3) is 2.68. The Labute approximate surface area is 133 Å². The van der Waals surface area contributed by atoms with E-state index in [9.17, 15) is 9.59 Å². The first-order chi connectivity index (χ1) is 11.1. The molecule has 1 aromatic heterocycles. The van der Waals surface area contributed by atoms with Crippen molar-refractivity contribution in [1.82, 2.24) is 9.36 Å². The minimum atomic E-state index is -0.622. The molecule has 0 fully saturated rings. The van der Waals surface area contributed by atoms with Crippen LogP contribution in [0.2, 0.25) is 0 Å². The average Bonchev–Trinajstić information content (AvgIpc) is 2.81. The summed E-state index contributed by atoms with van der Waals surface area (Å²) >= 11 is 0. The molecule has 23 heavy (non-hydrogen) atoms. The molecule has 0 atom stereocenters. The first kappa shape index (κ1) is 14.8. The Morgan fingerprint density at radius 3 is 2.09 bits per heavy atom. The third-order valence-corrected chi connectivity index (χ3v) is 3.70. The fourth-order valence-electron chi connectivity index (χ4n) is 2.37. The van der Waals surface area contributed by atoms with E-state index in [1.807, 2.05) is 24.3 Å². The van der Waals surface area contributed by atoms with Crippen LogP contribution in [0, 0.1) is 13.8 Å². The second-order valence-electron chi connectivity index (χ2n) is 5.16. The molecule has 0 aliphatic rings. The van der Waals surface area contributed by atoms with Crippen LogP contribution in [0.1, 0.15) is 11.3 Å². The predicted octanol–water partition coefficient (Wildman–Crippen LogP) is 3.30. The SMILES string of the molecule is Cc1c(C)n(C(=O)Oc2ccccc2)n(-c2ccccc2)c1=O. The first-order valence-electron chi connectivity index (χ1n) is 7.23. The molecule has 5 nitrogen and oxygen atoms in total. The molecule has 116 valence electrons. The van der Waals surface area contributed by atoms with E-state index in [1.54, 1.807) is 50.2 Å². The highest BCUT2D eigenvalue weighted by atomic mass is 16.6. The second-order valence-corrected chi connectivity index (χ2v) is 5.16. The Morgan fingerprint density at radius 2 is 1.48 bits per heavy atom. The van der Waals surface area contributed by atoms with E-state index in [1.165, 1.54) is 9.36 Å². The van der Waals surface area contributed by atoms with Crippen LogP contribution in [0.25, 0.3) is 5.69 Å². The number of rotatable bonds is 2. The van der Waals surface area contributed by atoms with Gasteiger partial charge in [-0.1, -0.05) is 36.4 Å². The van der Waals surface area contributed by atoms with Gasteiger partial charge in [-0.25, -0.2) is 9.48 Å². The van der Waals surface area contributed by atoms with Crippen molar-refractivity contribution in [1.29, 1.82) is 0 Å². The van der Waals surface area contributed by atoms with Gasteiger partial charge in [0.25, 0.3) is 5.56 Å². The van der Waals surface area contributed by atoms with Gasteiger partial charge in [0.05, 0.1) is 11.4 Å². The number of para-hydroxylation sites is 2. The highest BCUT2D eigenvalue weighted by Gasteiger charge is 2.21. The van der Waals surface area contributed by atoms with E-state index in [0.29, 0.717) is 22.7 Å². The number of ether oxygens (including phenoxy) is 1. The van der Waals surface area contributed by atoms with Crippen molar-refractivity contribution >= 4 is 6.09 Å². The zero-order valence-electron chi connectivity index (χ0n) is 12.9. The smallest absolute Gasteiger partial charge is 0.409 e. The Hall–Kier alpha value is -3.08. The number of aromatic nitrogens is 2. The van der Waals surface area contributed by atoms with Crippen molar-refractivity contribution < 1.29 is 9.53 Å². The van der Waals surface area contributed by atoms with E-state index >= 15 is 0 Å². The lowest BCUT2D eigenvalue weighted by molar-refractivity contribution is 0.195. The molecule has 3 aromatic rings. The summed E-state index contributed by atoms with van der Waals surface area (Å²) in [6.07, 6.45) is -0.622. The van der Waals surface area contributed by atoms with Crippen molar-refractivity contribution in [3.63, 3.8) is 0 Å². The fourth-order valence-corrected chi connectivity index (χ4v) is 2.37. The summed E-state index contributed by atoms with van der Waals surface area (Å²) in [7, 11) is 0. The van der Waals surface area contributed by atoms with Crippen LogP contribution in [0.3, 0.4) is 0 Å². The lowest BCUT2D eigenvalue weighted by Crippen LogP contribution is -2.29. The normalized spacial score (nSPS) is 10.5. The van der Waals surface area contributed by atoms with Crippen LogP contribution in [-0.2, 0) is 0 Å². The maximum Gasteiger partial charge on any atom is 0.439 e. The van der Waals surface area contributed by atoms with Gasteiger partial charge in [-0.05, 0) is 38.1 Å². The van der Waals surface area contributed by atoms with Crippen molar-refractivity contribution in [2.75, 3.05) is 0 Å². The highest BCUT2D eigenvalue weighted by molar-refractivity contribution is 5.74. The van der Waals surface area contributed by atoms with Crippen molar-refractivity contribution in [2.45, 2.75) is 13.8 Å². The Bertz CT molecular complexity index is 893. The maximum absolute atomic E-state index is 12.6. The van der Waals surface area contributed by atoms with Crippen LogP contribution in [-0.4, -0.2) is 15.5 Å². The van der Waals surface area contributed by atoms with Crippen LogP contribution in [0.4, 0.5) is 4.79 Å². The standard InChI is InChI=1S/C18H16N2O3/c1-13-14(2)19(18(22)23-16-11-7-4-8-12-16)20(17(13)21)15-9-5-3-6-10-15/h3-12H,1-2H3. The van der Waals surface area contributed by atoms with Gasteiger partial charge >= 0.3 is 6.09 Å². The summed E-state index contributed by atoms with van der Waals surface area (Å²) in [6, 6.07) is 17.8. The van der Waals surface area contributed by atoms with Gasteiger partial charge in [-0.15, -0.1) is 0 Å². The molecule has 0 aliphatic carbocycles.